The number of hydrogen-bond acceptors (Lipinski definition) is 3. The molecular formula is C13H11N3O. The Kier molecular flexibility index (Phi) is 2.26. The van der Waals surface area contributed by atoms with Gasteiger partial charge in [-0.05, 0) is 11.6 Å². The Morgan fingerprint density at radius 1 is 1.12 bits per heavy atom. The molecule has 0 saturated heterocycles. The van der Waals surface area contributed by atoms with Crippen LogP contribution in [0.2, 0.25) is 0 Å². The van der Waals surface area contributed by atoms with E-state index in [9.17, 15) is 0 Å². The van der Waals surface area contributed by atoms with Gasteiger partial charge in [-0.25, -0.2) is 4.98 Å². The highest BCUT2D eigenvalue weighted by Gasteiger charge is 2.08. The molecule has 0 radical (unpaired) electrons. The van der Waals surface area contributed by atoms with Gasteiger partial charge in [-0.2, -0.15) is 0 Å². The number of aromatic amines is 1. The van der Waals surface area contributed by atoms with Crippen molar-refractivity contribution in [3.63, 3.8) is 0 Å². The van der Waals surface area contributed by atoms with Gasteiger partial charge in [0.05, 0.1) is 12.5 Å². The van der Waals surface area contributed by atoms with Gasteiger partial charge in [0.15, 0.2) is 5.65 Å². The fourth-order valence-electron chi connectivity index (χ4n) is 1.82. The second-order valence-corrected chi connectivity index (χ2v) is 3.72. The second kappa shape index (κ2) is 3.90. The SMILES string of the molecule is COc1n[nH]c2ncc(-c3ccccc3)cc12. The zero-order valence-electron chi connectivity index (χ0n) is 9.34. The first-order valence-electron chi connectivity index (χ1n) is 5.32. The van der Waals surface area contributed by atoms with Crippen molar-refractivity contribution in [1.82, 2.24) is 15.2 Å². The van der Waals surface area contributed by atoms with Crippen LogP contribution in [0.25, 0.3) is 22.2 Å². The summed E-state index contributed by atoms with van der Waals surface area (Å²) >= 11 is 0. The van der Waals surface area contributed by atoms with E-state index in [-0.39, 0.29) is 0 Å². The minimum Gasteiger partial charge on any atom is -0.479 e. The lowest BCUT2D eigenvalue weighted by atomic mass is 10.1. The predicted molar refractivity (Wildman–Crippen MR) is 65.9 cm³/mol. The summed E-state index contributed by atoms with van der Waals surface area (Å²) in [5.74, 6) is 0.574. The quantitative estimate of drug-likeness (QED) is 0.729. The van der Waals surface area contributed by atoms with E-state index in [4.69, 9.17) is 4.74 Å². The lowest BCUT2D eigenvalue weighted by molar-refractivity contribution is 0.401. The van der Waals surface area contributed by atoms with Crippen LogP contribution in [0.4, 0.5) is 0 Å². The number of fused-ring (bicyclic) bond motifs is 1. The lowest BCUT2D eigenvalue weighted by Crippen LogP contribution is -1.84. The molecule has 2 heterocycles. The molecule has 0 aliphatic heterocycles. The fraction of sp³-hybridized carbons (Fsp3) is 0.0769. The highest BCUT2D eigenvalue weighted by Crippen LogP contribution is 2.26. The number of hydrogen-bond donors (Lipinski definition) is 1. The summed E-state index contributed by atoms with van der Waals surface area (Å²) in [7, 11) is 1.60. The molecule has 0 aliphatic carbocycles. The molecule has 1 N–H and O–H groups in total. The Hall–Kier alpha value is -2.36. The summed E-state index contributed by atoms with van der Waals surface area (Å²) in [5.41, 5.74) is 2.92. The summed E-state index contributed by atoms with van der Waals surface area (Å²) in [6, 6.07) is 12.1. The number of nitrogens with one attached hydrogen (secondary N) is 1. The van der Waals surface area contributed by atoms with Gasteiger partial charge in [0.2, 0.25) is 5.88 Å². The molecular weight excluding hydrogens is 214 g/mol. The monoisotopic (exact) mass is 225 g/mol. The molecule has 0 aliphatic rings. The van der Waals surface area contributed by atoms with E-state index in [0.29, 0.717) is 5.88 Å². The maximum absolute atomic E-state index is 5.18. The largest absolute Gasteiger partial charge is 0.479 e. The van der Waals surface area contributed by atoms with Gasteiger partial charge in [-0.3, -0.25) is 5.10 Å². The van der Waals surface area contributed by atoms with Crippen LogP contribution >= 0.6 is 0 Å². The van der Waals surface area contributed by atoms with E-state index in [1.165, 1.54) is 0 Å². The van der Waals surface area contributed by atoms with Crippen molar-refractivity contribution < 1.29 is 4.74 Å². The Balaban J connectivity index is 2.19. The molecule has 2 aromatic heterocycles. The van der Waals surface area contributed by atoms with Gasteiger partial charge in [0, 0.05) is 11.8 Å². The summed E-state index contributed by atoms with van der Waals surface area (Å²) in [6.45, 7) is 0. The second-order valence-electron chi connectivity index (χ2n) is 3.72. The number of ether oxygens (including phenoxy) is 1. The van der Waals surface area contributed by atoms with Crippen molar-refractivity contribution in [3.8, 4) is 17.0 Å². The van der Waals surface area contributed by atoms with Crippen LogP contribution in [0, 0.1) is 0 Å². The van der Waals surface area contributed by atoms with Gasteiger partial charge in [0.25, 0.3) is 0 Å². The van der Waals surface area contributed by atoms with Gasteiger partial charge in [0.1, 0.15) is 0 Å². The Morgan fingerprint density at radius 2 is 1.94 bits per heavy atom. The third-order valence-electron chi connectivity index (χ3n) is 2.68. The molecule has 1 aromatic carbocycles. The van der Waals surface area contributed by atoms with Crippen LogP contribution in [0.3, 0.4) is 0 Å². The first kappa shape index (κ1) is 9.84. The average Bonchev–Trinajstić information content (AvgIpc) is 2.81. The van der Waals surface area contributed by atoms with Gasteiger partial charge in [-0.15, -0.1) is 5.10 Å². The number of H-pyrrole nitrogens is 1. The Morgan fingerprint density at radius 3 is 2.71 bits per heavy atom. The standard InChI is InChI=1S/C13H11N3O/c1-17-13-11-7-10(8-14-12(11)15-16-13)9-5-3-2-4-6-9/h2-8H,1H3,(H,14,15,16). The van der Waals surface area contributed by atoms with Crippen LogP contribution in [0.15, 0.2) is 42.6 Å². The third kappa shape index (κ3) is 1.63. The molecule has 0 amide bonds. The van der Waals surface area contributed by atoms with Gasteiger partial charge >= 0.3 is 0 Å². The third-order valence-corrected chi connectivity index (χ3v) is 2.68. The number of methoxy groups -OCH3 is 1. The van der Waals surface area contributed by atoms with Crippen molar-refractivity contribution in [2.24, 2.45) is 0 Å². The summed E-state index contributed by atoms with van der Waals surface area (Å²) in [5, 5.41) is 7.77. The lowest BCUT2D eigenvalue weighted by Gasteiger charge is -2.01. The maximum atomic E-state index is 5.18. The Labute approximate surface area is 98.3 Å². The number of benzene rings is 1. The smallest absolute Gasteiger partial charge is 0.241 e. The van der Waals surface area contributed by atoms with E-state index in [0.717, 1.165) is 22.2 Å². The molecule has 84 valence electrons. The highest BCUT2D eigenvalue weighted by molar-refractivity contribution is 5.85. The van der Waals surface area contributed by atoms with Gasteiger partial charge < -0.3 is 4.74 Å². The molecule has 3 aromatic rings. The van der Waals surface area contributed by atoms with Crippen molar-refractivity contribution in [2.75, 3.05) is 7.11 Å². The van der Waals surface area contributed by atoms with E-state index in [1.807, 2.05) is 30.5 Å². The number of nitrogens with zero attached hydrogens (tertiary/aromatic N) is 2. The van der Waals surface area contributed by atoms with E-state index in [2.05, 4.69) is 27.3 Å². The van der Waals surface area contributed by atoms with Crippen LogP contribution in [0.5, 0.6) is 5.88 Å². The van der Waals surface area contributed by atoms with Crippen LogP contribution in [0.1, 0.15) is 0 Å². The minimum absolute atomic E-state index is 0.574. The first-order chi connectivity index (χ1) is 8.38. The van der Waals surface area contributed by atoms with Crippen molar-refractivity contribution >= 4 is 11.0 Å². The zero-order valence-corrected chi connectivity index (χ0v) is 9.34. The average molecular weight is 225 g/mol. The topological polar surface area (TPSA) is 50.8 Å². The van der Waals surface area contributed by atoms with E-state index >= 15 is 0 Å². The van der Waals surface area contributed by atoms with E-state index < -0.39 is 0 Å². The Bertz CT molecular complexity index is 646. The molecule has 0 bridgehead atoms. The maximum Gasteiger partial charge on any atom is 0.241 e. The molecule has 0 fully saturated rings. The molecule has 4 heteroatoms. The van der Waals surface area contributed by atoms with Crippen molar-refractivity contribution in [1.29, 1.82) is 0 Å². The zero-order chi connectivity index (χ0) is 11.7. The minimum atomic E-state index is 0.574. The normalized spacial score (nSPS) is 10.6. The number of rotatable bonds is 2. The van der Waals surface area contributed by atoms with Gasteiger partial charge in [-0.1, -0.05) is 30.3 Å². The van der Waals surface area contributed by atoms with Crippen molar-refractivity contribution in [2.45, 2.75) is 0 Å². The summed E-state index contributed by atoms with van der Waals surface area (Å²) < 4.78 is 5.18. The molecule has 3 rings (SSSR count). The summed E-state index contributed by atoms with van der Waals surface area (Å²) in [6.07, 6.45) is 1.83. The molecule has 17 heavy (non-hydrogen) atoms. The predicted octanol–water partition coefficient (Wildman–Crippen LogP) is 2.63. The van der Waals surface area contributed by atoms with Crippen molar-refractivity contribution in [3.05, 3.63) is 42.6 Å². The summed E-state index contributed by atoms with van der Waals surface area (Å²) in [4.78, 5) is 4.33. The number of pyridine rings is 1. The molecule has 4 nitrogen and oxygen atoms in total. The fourth-order valence-corrected chi connectivity index (χ4v) is 1.82. The van der Waals surface area contributed by atoms with Crippen LogP contribution in [-0.2, 0) is 0 Å². The molecule has 0 spiro atoms. The molecule has 0 unspecified atom stereocenters. The molecule has 0 atom stereocenters. The van der Waals surface area contributed by atoms with E-state index in [1.54, 1.807) is 7.11 Å². The molecule has 0 saturated carbocycles. The number of aromatic nitrogens is 3. The van der Waals surface area contributed by atoms with Crippen LogP contribution in [-0.4, -0.2) is 22.3 Å². The first-order valence-corrected chi connectivity index (χ1v) is 5.32. The highest BCUT2D eigenvalue weighted by atomic mass is 16.5. The van der Waals surface area contributed by atoms with Crippen LogP contribution < -0.4 is 4.74 Å².